The highest BCUT2D eigenvalue weighted by molar-refractivity contribution is 6.26. The summed E-state index contributed by atoms with van der Waals surface area (Å²) >= 11 is 6.02. The van der Waals surface area contributed by atoms with Gasteiger partial charge >= 0.3 is 5.97 Å². The van der Waals surface area contributed by atoms with Crippen LogP contribution in [0.15, 0.2) is 12.2 Å². The Bertz CT molecular complexity index is 2470. The summed E-state index contributed by atoms with van der Waals surface area (Å²) in [5, 5.41) is 11.0. The van der Waals surface area contributed by atoms with E-state index in [2.05, 4.69) is 21.3 Å². The Balaban J connectivity index is 4.46. The fourth-order valence-corrected chi connectivity index (χ4v) is 11.1. The van der Waals surface area contributed by atoms with Crippen LogP contribution < -0.4 is 21.3 Å². The molecule has 4 N–H and O–H groups in total. The number of likely N-dealkylation sites (N-methyl/N-ethyl adjacent to an activating group) is 7. The Labute approximate surface area is 536 Å². The van der Waals surface area contributed by atoms with Gasteiger partial charge in [-0.3, -0.25) is 57.5 Å². The van der Waals surface area contributed by atoms with E-state index in [1.165, 1.54) is 87.7 Å². The molecule has 0 radical (unpaired) electrons. The van der Waals surface area contributed by atoms with Crippen LogP contribution in [0.5, 0.6) is 0 Å². The molecule has 1 rings (SSSR count). The molecule has 1 heterocycles. The van der Waals surface area contributed by atoms with Crippen LogP contribution in [0.25, 0.3) is 0 Å². The molecule has 11 amide bonds. The number of amides is 11. The molecular formula is C64H112ClN11O13. The lowest BCUT2D eigenvalue weighted by atomic mass is 9.91. The summed E-state index contributed by atoms with van der Waals surface area (Å²) in [5.74, 6) is -11.7. The number of ether oxygens (including phenoxy) is 1. The van der Waals surface area contributed by atoms with Gasteiger partial charge in [0.05, 0.1) is 6.54 Å². The maximum absolute atomic E-state index is 15.4. The molecule has 0 aromatic rings. The third-order valence-corrected chi connectivity index (χ3v) is 16.6. The van der Waals surface area contributed by atoms with Gasteiger partial charge in [-0.25, -0.2) is 0 Å². The van der Waals surface area contributed by atoms with Crippen molar-refractivity contribution in [3.8, 4) is 0 Å². The predicted octanol–water partition coefficient (Wildman–Crippen LogP) is 4.06. The van der Waals surface area contributed by atoms with Crippen molar-refractivity contribution in [2.45, 2.75) is 223 Å². The molecule has 0 spiro atoms. The summed E-state index contributed by atoms with van der Waals surface area (Å²) in [6.07, 6.45) is 2.93. The number of hydrogen-bond donors (Lipinski definition) is 4. The van der Waals surface area contributed by atoms with Gasteiger partial charge < -0.3 is 60.3 Å². The zero-order valence-corrected chi connectivity index (χ0v) is 58.8. The van der Waals surface area contributed by atoms with Gasteiger partial charge in [0.15, 0.2) is 0 Å². The first-order valence-electron chi connectivity index (χ1n) is 31.6. The number of halogens is 1. The quantitative estimate of drug-likeness (QED) is 0.0910. The van der Waals surface area contributed by atoms with Crippen molar-refractivity contribution >= 4 is 82.5 Å². The van der Waals surface area contributed by atoms with Crippen LogP contribution in [0.2, 0.25) is 0 Å². The van der Waals surface area contributed by atoms with Gasteiger partial charge in [-0.05, 0) is 101 Å². The van der Waals surface area contributed by atoms with Crippen molar-refractivity contribution in [2.24, 2.45) is 41.4 Å². The Hall–Kier alpha value is -6.33. The van der Waals surface area contributed by atoms with Gasteiger partial charge in [0.2, 0.25) is 65.0 Å². The normalized spacial score (nSPS) is 26.1. The van der Waals surface area contributed by atoms with Crippen LogP contribution in [0, 0.1) is 41.4 Å². The van der Waals surface area contributed by atoms with E-state index < -0.39 is 168 Å². The van der Waals surface area contributed by atoms with Gasteiger partial charge in [-0.2, -0.15) is 0 Å². The van der Waals surface area contributed by atoms with Gasteiger partial charge in [0, 0.05) is 49.3 Å². The minimum atomic E-state index is -1.66. The van der Waals surface area contributed by atoms with Crippen molar-refractivity contribution in [1.82, 2.24) is 55.6 Å². The summed E-state index contributed by atoms with van der Waals surface area (Å²) < 4.78 is 5.95. The molecule has 0 aliphatic carbocycles. The second-order valence-electron chi connectivity index (χ2n) is 26.7. The third kappa shape index (κ3) is 23.1. The molecule has 0 aromatic carbocycles. The molecule has 1 saturated heterocycles. The molecule has 1 fully saturated rings. The topological polar surface area (TPSA) is 285 Å². The van der Waals surface area contributed by atoms with E-state index in [0.29, 0.717) is 0 Å². The van der Waals surface area contributed by atoms with Crippen LogP contribution in [-0.2, 0) is 62.3 Å². The monoisotopic (exact) mass is 1280 g/mol. The number of hydrogen-bond acceptors (Lipinski definition) is 13. The average molecular weight is 1280 g/mol. The molecule has 12 atom stereocenters. The van der Waals surface area contributed by atoms with Crippen LogP contribution in [-0.4, -0.2) is 234 Å². The Morgan fingerprint density at radius 3 is 1.38 bits per heavy atom. The predicted molar refractivity (Wildman–Crippen MR) is 343 cm³/mol. The van der Waals surface area contributed by atoms with E-state index in [9.17, 15) is 38.4 Å². The molecule has 1 aliphatic heterocycles. The standard InChI is InChI=1S/C64H112ClN11O13/c1-25-27-28-41(15)54(89-50(78)33-65)53-58(82)68-44(26-2)60(84)70(18)34-49(77)71(19)45(29-35(3)4)57(81)69-51(39(11)12)63(87)72(20)46(30-36(5)6)56(80)66-42(16)55(79)67-43(17)59(83)73(21)47(31-37(7)8)61(85)74(22)48(32-38(9)10)62(86)75(23)52(40(13)14)64(88)76(53)24/h25,27,35-48,51-54H,26,28-34H2,1-24H3,(H,66,80)(H,67,79)(H,68,82)(H,69,81)/b27-25+/t41-,42+,43-,44+,45+,46+,47+,48+,51+,52+,53+,54-/m1/s1. The number of nitrogens with zero attached hydrogens (tertiary/aromatic N) is 7. The molecule has 1 aliphatic rings. The largest absolute Gasteiger partial charge is 0.458 e. The molecule has 89 heavy (non-hydrogen) atoms. The molecule has 0 unspecified atom stereocenters. The van der Waals surface area contributed by atoms with Crippen molar-refractivity contribution in [3.63, 3.8) is 0 Å². The van der Waals surface area contributed by atoms with Gasteiger partial charge in [-0.1, -0.05) is 109 Å². The van der Waals surface area contributed by atoms with Gasteiger partial charge in [-0.15, -0.1) is 11.6 Å². The Morgan fingerprint density at radius 2 is 0.933 bits per heavy atom. The minimum Gasteiger partial charge on any atom is -0.458 e. The first kappa shape index (κ1) is 80.7. The number of allylic oxidation sites excluding steroid dienone is 2. The zero-order valence-electron chi connectivity index (χ0n) is 58.0. The van der Waals surface area contributed by atoms with E-state index in [1.807, 2.05) is 55.4 Å². The minimum absolute atomic E-state index is 0.0227. The highest BCUT2D eigenvalue weighted by Gasteiger charge is 2.47. The van der Waals surface area contributed by atoms with Crippen molar-refractivity contribution in [3.05, 3.63) is 12.2 Å². The summed E-state index contributed by atoms with van der Waals surface area (Å²) in [6.45, 7) is 29.1. The first-order valence-corrected chi connectivity index (χ1v) is 32.1. The fraction of sp³-hybridized carbons (Fsp3) is 0.781. The number of rotatable bonds is 17. The number of nitrogens with one attached hydrogen (secondary N) is 4. The lowest BCUT2D eigenvalue weighted by molar-refractivity contribution is -0.164. The molecule has 0 saturated carbocycles. The summed E-state index contributed by atoms with van der Waals surface area (Å²) in [7, 11) is 9.82. The van der Waals surface area contributed by atoms with E-state index in [-0.39, 0.29) is 62.2 Å². The van der Waals surface area contributed by atoms with Crippen molar-refractivity contribution < 1.29 is 62.3 Å². The smallest absolute Gasteiger partial charge is 0.321 e. The first-order chi connectivity index (χ1) is 41.1. The van der Waals surface area contributed by atoms with Crippen LogP contribution in [0.3, 0.4) is 0 Å². The van der Waals surface area contributed by atoms with E-state index in [0.717, 1.165) is 9.80 Å². The average Bonchev–Trinajstić information content (AvgIpc) is 2.57. The SMILES string of the molecule is C/C=C/C[C@@H](C)[C@@H](OC(=O)CCl)[C@H]1C(=O)N[C@@H](CC)C(=O)N(C)CC(=O)N(C)[C@@H](CC(C)C)C(=O)N[C@@H](C(C)C)C(=O)N(C)[C@@H](CC(C)C)C(=O)N[C@@H](C)C(=O)N[C@H](C)C(=O)N(C)[C@@H](CC(C)C)C(=O)N(C)[C@@H](CC(C)C)C(=O)N(C)[C@@H](C(C)C)C(=O)N1C. The van der Waals surface area contributed by atoms with E-state index >= 15 is 19.2 Å². The van der Waals surface area contributed by atoms with Gasteiger partial charge in [0.1, 0.15) is 72.4 Å². The Morgan fingerprint density at radius 1 is 0.506 bits per heavy atom. The zero-order chi connectivity index (χ0) is 69.0. The second-order valence-corrected chi connectivity index (χ2v) is 27.0. The molecule has 508 valence electrons. The lowest BCUT2D eigenvalue weighted by Crippen LogP contribution is -2.64. The number of alkyl halides is 1. The number of esters is 1. The summed E-state index contributed by atoms with van der Waals surface area (Å²) in [5.41, 5.74) is 0. The van der Waals surface area contributed by atoms with Crippen LogP contribution in [0.4, 0.5) is 0 Å². The van der Waals surface area contributed by atoms with Crippen LogP contribution in [0.1, 0.15) is 156 Å². The van der Waals surface area contributed by atoms with E-state index in [4.69, 9.17) is 16.3 Å². The number of carbonyl (C=O) groups is 12. The molecular weight excluding hydrogens is 1170 g/mol. The van der Waals surface area contributed by atoms with E-state index in [1.54, 1.807) is 60.6 Å². The highest BCUT2D eigenvalue weighted by atomic mass is 35.5. The second kappa shape index (κ2) is 37.1. The Kier molecular flexibility index (Phi) is 33.6. The maximum Gasteiger partial charge on any atom is 0.321 e. The summed E-state index contributed by atoms with van der Waals surface area (Å²) in [6, 6.07) is -12.7. The molecule has 0 bridgehead atoms. The highest BCUT2D eigenvalue weighted by Crippen LogP contribution is 2.27. The van der Waals surface area contributed by atoms with Crippen LogP contribution >= 0.6 is 11.6 Å². The summed E-state index contributed by atoms with van der Waals surface area (Å²) in [4.78, 5) is 183. The fourth-order valence-electron chi connectivity index (χ4n) is 11.0. The molecule has 25 heteroatoms. The molecule has 24 nitrogen and oxygen atoms in total. The maximum atomic E-state index is 15.4. The van der Waals surface area contributed by atoms with Gasteiger partial charge in [0.25, 0.3) is 0 Å². The van der Waals surface area contributed by atoms with Crippen molar-refractivity contribution in [1.29, 1.82) is 0 Å². The lowest BCUT2D eigenvalue weighted by Gasteiger charge is -2.42. The molecule has 0 aromatic heterocycles. The number of carbonyl (C=O) groups excluding carboxylic acids is 12. The third-order valence-electron chi connectivity index (χ3n) is 16.4. The van der Waals surface area contributed by atoms with Crippen molar-refractivity contribution in [2.75, 3.05) is 61.8 Å².